The second-order valence-corrected chi connectivity index (χ2v) is 6.51. The standard InChI is InChI=1S/C23H19NO5/c1-27-16-8-9-18(20(11-16)28-2)22-21-17-6-4-3-5-14(17)7-10-19(21)29-23(24-22)15(12-25)13-26/h3-13,22,24H,1-2H3. The Morgan fingerprint density at radius 2 is 1.79 bits per heavy atom. The number of nitrogens with one attached hydrogen (secondary N) is 1. The average molecular weight is 389 g/mol. The first-order valence-electron chi connectivity index (χ1n) is 9.02. The summed E-state index contributed by atoms with van der Waals surface area (Å²) >= 11 is 0. The minimum atomic E-state index is -0.407. The third kappa shape index (κ3) is 3.18. The molecule has 0 saturated heterocycles. The topological polar surface area (TPSA) is 73.9 Å². The molecule has 0 aromatic heterocycles. The van der Waals surface area contributed by atoms with E-state index < -0.39 is 6.04 Å². The van der Waals surface area contributed by atoms with Gasteiger partial charge in [0.25, 0.3) is 0 Å². The molecular formula is C23H19NO5. The Balaban J connectivity index is 2.00. The maximum Gasteiger partial charge on any atom is 0.208 e. The van der Waals surface area contributed by atoms with Gasteiger partial charge in [-0.25, -0.2) is 0 Å². The number of rotatable bonds is 5. The number of hydrogen-bond donors (Lipinski definition) is 1. The van der Waals surface area contributed by atoms with Gasteiger partial charge in [-0.3, -0.25) is 9.59 Å². The van der Waals surface area contributed by atoms with Gasteiger partial charge < -0.3 is 19.5 Å². The zero-order valence-corrected chi connectivity index (χ0v) is 16.0. The molecule has 3 aromatic carbocycles. The minimum Gasteiger partial charge on any atom is -0.497 e. The van der Waals surface area contributed by atoms with Crippen molar-refractivity contribution in [2.24, 2.45) is 0 Å². The molecule has 0 spiro atoms. The van der Waals surface area contributed by atoms with Gasteiger partial charge in [0.1, 0.15) is 22.8 Å². The van der Waals surface area contributed by atoms with Crippen molar-refractivity contribution in [1.29, 1.82) is 0 Å². The van der Waals surface area contributed by atoms with Crippen molar-refractivity contribution in [1.82, 2.24) is 5.32 Å². The van der Waals surface area contributed by atoms with E-state index in [1.165, 1.54) is 0 Å². The Labute approximate surface area is 167 Å². The van der Waals surface area contributed by atoms with Crippen LogP contribution >= 0.6 is 0 Å². The third-order valence-electron chi connectivity index (χ3n) is 4.97. The Morgan fingerprint density at radius 3 is 2.52 bits per heavy atom. The van der Waals surface area contributed by atoms with Gasteiger partial charge >= 0.3 is 0 Å². The third-order valence-corrected chi connectivity index (χ3v) is 4.97. The van der Waals surface area contributed by atoms with Gasteiger partial charge in [-0.05, 0) is 29.0 Å². The summed E-state index contributed by atoms with van der Waals surface area (Å²) in [5.74, 6) is 1.95. The highest BCUT2D eigenvalue weighted by Crippen LogP contribution is 2.43. The summed E-state index contributed by atoms with van der Waals surface area (Å²) < 4.78 is 16.8. The van der Waals surface area contributed by atoms with Crippen LogP contribution in [0.15, 0.2) is 66.1 Å². The highest BCUT2D eigenvalue weighted by Gasteiger charge is 2.31. The van der Waals surface area contributed by atoms with E-state index in [2.05, 4.69) is 5.32 Å². The lowest BCUT2D eigenvalue weighted by Crippen LogP contribution is -2.32. The van der Waals surface area contributed by atoms with E-state index in [1.807, 2.05) is 48.5 Å². The van der Waals surface area contributed by atoms with E-state index >= 15 is 0 Å². The van der Waals surface area contributed by atoms with E-state index in [9.17, 15) is 9.59 Å². The Hall–Kier alpha value is -3.80. The number of fused-ring (bicyclic) bond motifs is 3. The van der Waals surface area contributed by atoms with Crippen LogP contribution in [0.2, 0.25) is 0 Å². The first-order valence-corrected chi connectivity index (χ1v) is 9.02. The van der Waals surface area contributed by atoms with Crippen LogP contribution < -0.4 is 19.5 Å². The van der Waals surface area contributed by atoms with Gasteiger partial charge in [0.05, 0.1) is 20.3 Å². The average Bonchev–Trinajstić information content (AvgIpc) is 2.78. The van der Waals surface area contributed by atoms with Crippen molar-refractivity contribution in [2.75, 3.05) is 14.2 Å². The first-order chi connectivity index (χ1) is 14.2. The van der Waals surface area contributed by atoms with Crippen LogP contribution in [0.3, 0.4) is 0 Å². The Bertz CT molecular complexity index is 1130. The summed E-state index contributed by atoms with van der Waals surface area (Å²) in [5, 5.41) is 5.25. The molecule has 0 aliphatic carbocycles. The molecule has 1 atom stereocenters. The monoisotopic (exact) mass is 389 g/mol. The molecule has 1 aliphatic rings. The van der Waals surface area contributed by atoms with Gasteiger partial charge in [-0.1, -0.05) is 30.3 Å². The van der Waals surface area contributed by atoms with Gasteiger partial charge in [-0.15, -0.1) is 0 Å². The van der Waals surface area contributed by atoms with E-state index in [-0.39, 0.29) is 11.5 Å². The summed E-state index contributed by atoms with van der Waals surface area (Å²) in [6.07, 6.45) is 0.952. The highest BCUT2D eigenvalue weighted by atomic mass is 16.5. The second kappa shape index (κ2) is 7.67. The van der Waals surface area contributed by atoms with Crippen molar-refractivity contribution in [3.8, 4) is 17.2 Å². The lowest BCUT2D eigenvalue weighted by atomic mass is 9.91. The van der Waals surface area contributed by atoms with Gasteiger partial charge in [0, 0.05) is 17.2 Å². The molecule has 6 nitrogen and oxygen atoms in total. The highest BCUT2D eigenvalue weighted by molar-refractivity contribution is 6.00. The molecule has 6 heteroatoms. The van der Waals surface area contributed by atoms with Crippen LogP contribution in [0.25, 0.3) is 10.8 Å². The Kier molecular flexibility index (Phi) is 4.91. The molecule has 0 amide bonds. The lowest BCUT2D eigenvalue weighted by molar-refractivity contribution is -0.110. The van der Waals surface area contributed by atoms with E-state index in [0.717, 1.165) is 21.9 Å². The van der Waals surface area contributed by atoms with Crippen molar-refractivity contribution in [3.63, 3.8) is 0 Å². The van der Waals surface area contributed by atoms with E-state index in [1.54, 1.807) is 20.3 Å². The van der Waals surface area contributed by atoms with E-state index in [4.69, 9.17) is 14.2 Å². The number of methoxy groups -OCH3 is 2. The number of carbonyl (C=O) groups is 2. The number of benzene rings is 3. The number of allylic oxidation sites excluding steroid dienone is 1. The van der Waals surface area contributed by atoms with E-state index in [0.29, 0.717) is 29.8 Å². The molecule has 1 heterocycles. The zero-order valence-electron chi connectivity index (χ0n) is 16.0. The molecular weight excluding hydrogens is 370 g/mol. The zero-order chi connectivity index (χ0) is 20.4. The van der Waals surface area contributed by atoms with Gasteiger partial charge in [0.2, 0.25) is 5.88 Å². The Morgan fingerprint density at radius 1 is 1.00 bits per heavy atom. The molecule has 0 bridgehead atoms. The summed E-state index contributed by atoms with van der Waals surface area (Å²) in [7, 11) is 3.17. The predicted molar refractivity (Wildman–Crippen MR) is 108 cm³/mol. The summed E-state index contributed by atoms with van der Waals surface area (Å²) in [6.45, 7) is 0. The fraction of sp³-hybridized carbons (Fsp3) is 0.130. The van der Waals surface area contributed by atoms with Crippen LogP contribution in [0, 0.1) is 0 Å². The smallest absolute Gasteiger partial charge is 0.208 e. The largest absolute Gasteiger partial charge is 0.497 e. The fourth-order valence-corrected chi connectivity index (χ4v) is 3.57. The molecule has 29 heavy (non-hydrogen) atoms. The normalized spacial score (nSPS) is 15.0. The fourth-order valence-electron chi connectivity index (χ4n) is 3.57. The van der Waals surface area contributed by atoms with Crippen LogP contribution in [0.4, 0.5) is 0 Å². The van der Waals surface area contributed by atoms with Crippen LogP contribution in [0.1, 0.15) is 17.2 Å². The maximum absolute atomic E-state index is 11.4. The molecule has 0 radical (unpaired) electrons. The molecule has 1 N–H and O–H groups in total. The summed E-state index contributed by atoms with van der Waals surface area (Å²) in [6, 6.07) is 16.9. The summed E-state index contributed by atoms with van der Waals surface area (Å²) in [4.78, 5) is 22.7. The second-order valence-electron chi connectivity index (χ2n) is 6.51. The molecule has 0 saturated carbocycles. The molecule has 3 aromatic rings. The van der Waals surface area contributed by atoms with Gasteiger partial charge in [-0.2, -0.15) is 0 Å². The molecule has 0 fully saturated rings. The number of aldehydes is 2. The lowest BCUT2D eigenvalue weighted by Gasteiger charge is -2.32. The first kappa shape index (κ1) is 18.6. The SMILES string of the molecule is COc1ccc(C2NC(=C(C=O)C=O)Oc3ccc4ccccc4c32)c(OC)c1. The van der Waals surface area contributed by atoms with Crippen molar-refractivity contribution >= 4 is 23.3 Å². The maximum atomic E-state index is 11.4. The predicted octanol–water partition coefficient (Wildman–Crippen LogP) is 3.54. The number of hydrogen-bond acceptors (Lipinski definition) is 6. The minimum absolute atomic E-state index is 0.0960. The summed E-state index contributed by atoms with van der Waals surface area (Å²) in [5.41, 5.74) is 1.62. The van der Waals surface area contributed by atoms with Crippen molar-refractivity contribution in [3.05, 3.63) is 77.2 Å². The van der Waals surface area contributed by atoms with Crippen molar-refractivity contribution < 1.29 is 23.8 Å². The quantitative estimate of drug-likeness (QED) is 0.311. The number of ether oxygens (including phenoxy) is 3. The molecule has 4 rings (SSSR count). The van der Waals surface area contributed by atoms with Crippen LogP contribution in [0.5, 0.6) is 17.2 Å². The van der Waals surface area contributed by atoms with Gasteiger partial charge in [0.15, 0.2) is 12.6 Å². The van der Waals surface area contributed by atoms with Crippen LogP contribution in [-0.2, 0) is 9.59 Å². The van der Waals surface area contributed by atoms with Crippen LogP contribution in [-0.4, -0.2) is 26.8 Å². The number of carbonyl (C=O) groups excluding carboxylic acids is 2. The molecule has 1 unspecified atom stereocenters. The molecule has 1 aliphatic heterocycles. The van der Waals surface area contributed by atoms with Crippen molar-refractivity contribution in [2.45, 2.75) is 6.04 Å². The molecule has 146 valence electrons.